The molecule has 0 fully saturated rings. The van der Waals surface area contributed by atoms with E-state index in [-0.39, 0.29) is 35.0 Å². The number of alkyl halides is 1. The number of methoxy groups -OCH3 is 1. The van der Waals surface area contributed by atoms with Gasteiger partial charge >= 0.3 is 6.09 Å². The molecule has 2 N–H and O–H groups in total. The third-order valence-electron chi connectivity index (χ3n) is 4.22. The molecule has 1 unspecified atom stereocenters. The molecule has 1 heterocycles. The maximum absolute atomic E-state index is 13.0. The van der Waals surface area contributed by atoms with Crippen LogP contribution >= 0.6 is 23.8 Å². The molecule has 0 spiro atoms. The minimum atomic E-state index is -0.899. The minimum Gasteiger partial charge on any atom is -0.511 e. The molecule has 30 heavy (non-hydrogen) atoms. The largest absolute Gasteiger partial charge is 0.511 e. The summed E-state index contributed by atoms with van der Waals surface area (Å²) in [5, 5.41) is 13.7. The Balaban J connectivity index is 2.40. The maximum Gasteiger partial charge on any atom is 0.417 e. The fraction of sp³-hybridized carbons (Fsp3) is 0.450. The molecule has 10 heteroatoms. The fourth-order valence-electron chi connectivity index (χ4n) is 2.89. The van der Waals surface area contributed by atoms with Crippen LogP contribution in [-0.4, -0.2) is 52.9 Å². The van der Waals surface area contributed by atoms with Crippen molar-refractivity contribution in [3.8, 4) is 5.75 Å². The first-order valence-electron chi connectivity index (χ1n) is 9.18. The van der Waals surface area contributed by atoms with E-state index in [2.05, 4.69) is 5.32 Å². The molecular weight excluding hydrogens is 435 g/mol. The summed E-state index contributed by atoms with van der Waals surface area (Å²) in [5.74, 6) is -1.74. The first-order valence-corrected chi connectivity index (χ1v) is 9.96. The predicted octanol–water partition coefficient (Wildman–Crippen LogP) is 4.65. The number of thiocarbonyl (C=S) groups is 1. The van der Waals surface area contributed by atoms with Crippen LogP contribution in [0, 0.1) is 5.92 Å². The SMILES string of the molecule is COc1c(Cl)cccc1NC(=S)C1=C(O)C(CCF)CN(C(=O)OC(C)(C)C)C1=O. The molecule has 0 saturated heterocycles. The summed E-state index contributed by atoms with van der Waals surface area (Å²) >= 11 is 11.4. The van der Waals surface area contributed by atoms with E-state index in [0.717, 1.165) is 4.90 Å². The maximum atomic E-state index is 13.0. The Hall–Kier alpha value is -2.39. The number of halogens is 2. The Morgan fingerprint density at radius 3 is 2.67 bits per heavy atom. The van der Waals surface area contributed by atoms with E-state index in [1.54, 1.807) is 39.0 Å². The summed E-state index contributed by atoms with van der Waals surface area (Å²) in [6.07, 6.45) is -0.991. The second-order valence-corrected chi connectivity index (χ2v) is 8.42. The molecule has 0 aliphatic carbocycles. The molecule has 1 aromatic carbocycles. The van der Waals surface area contributed by atoms with Crippen molar-refractivity contribution in [1.82, 2.24) is 4.90 Å². The van der Waals surface area contributed by atoms with Gasteiger partial charge < -0.3 is 19.9 Å². The van der Waals surface area contributed by atoms with Crippen molar-refractivity contribution in [2.75, 3.05) is 25.6 Å². The number of carbonyl (C=O) groups is 2. The van der Waals surface area contributed by atoms with E-state index in [4.69, 9.17) is 33.3 Å². The number of hydrogen-bond donors (Lipinski definition) is 2. The van der Waals surface area contributed by atoms with Crippen molar-refractivity contribution >= 4 is 46.5 Å². The molecule has 1 atom stereocenters. The van der Waals surface area contributed by atoms with Crippen LogP contribution in [0.4, 0.5) is 14.9 Å². The number of nitrogens with one attached hydrogen (secondary N) is 1. The molecule has 0 bridgehead atoms. The number of aliphatic hydroxyl groups excluding tert-OH is 1. The number of benzene rings is 1. The molecule has 0 aromatic heterocycles. The molecule has 164 valence electrons. The van der Waals surface area contributed by atoms with Gasteiger partial charge in [0.05, 0.1) is 24.5 Å². The van der Waals surface area contributed by atoms with Crippen LogP contribution in [0.2, 0.25) is 5.02 Å². The molecular formula is C20H24ClFN2O5S. The number of hydrogen-bond acceptors (Lipinski definition) is 6. The summed E-state index contributed by atoms with van der Waals surface area (Å²) < 4.78 is 23.5. The summed E-state index contributed by atoms with van der Waals surface area (Å²) in [5.41, 5.74) is -0.786. The smallest absolute Gasteiger partial charge is 0.417 e. The lowest BCUT2D eigenvalue weighted by atomic mass is 9.94. The highest BCUT2D eigenvalue weighted by Crippen LogP contribution is 2.34. The van der Waals surface area contributed by atoms with Crippen molar-refractivity contribution in [2.24, 2.45) is 5.92 Å². The zero-order valence-corrected chi connectivity index (χ0v) is 18.7. The third kappa shape index (κ3) is 5.40. The van der Waals surface area contributed by atoms with E-state index < -0.39 is 30.2 Å². The van der Waals surface area contributed by atoms with Gasteiger partial charge in [-0.15, -0.1) is 0 Å². The molecule has 1 aliphatic heterocycles. The average molecular weight is 459 g/mol. The van der Waals surface area contributed by atoms with Gasteiger partial charge in [-0.1, -0.05) is 29.9 Å². The first-order chi connectivity index (χ1) is 14.0. The predicted molar refractivity (Wildman–Crippen MR) is 116 cm³/mol. The van der Waals surface area contributed by atoms with Gasteiger partial charge in [-0.05, 0) is 39.3 Å². The van der Waals surface area contributed by atoms with Gasteiger partial charge in [0.2, 0.25) is 0 Å². The number of nitrogens with zero attached hydrogens (tertiary/aromatic N) is 1. The van der Waals surface area contributed by atoms with E-state index in [9.17, 15) is 19.1 Å². The Kier molecular flexibility index (Phi) is 7.65. The second kappa shape index (κ2) is 9.61. The van der Waals surface area contributed by atoms with Gasteiger partial charge in [0.15, 0.2) is 5.75 Å². The Labute approximate surface area is 184 Å². The van der Waals surface area contributed by atoms with Gasteiger partial charge in [-0.2, -0.15) is 0 Å². The van der Waals surface area contributed by atoms with E-state index in [1.165, 1.54) is 7.11 Å². The van der Waals surface area contributed by atoms with Gasteiger partial charge in [0.25, 0.3) is 5.91 Å². The number of amides is 2. The number of rotatable bonds is 5. The topological polar surface area (TPSA) is 88.1 Å². The van der Waals surface area contributed by atoms with Gasteiger partial charge in [0, 0.05) is 12.5 Å². The lowest BCUT2D eigenvalue weighted by molar-refractivity contribution is -0.127. The zero-order valence-electron chi connectivity index (χ0n) is 17.1. The quantitative estimate of drug-likeness (QED) is 0.620. The first kappa shape index (κ1) is 23.9. The number of para-hydroxylation sites is 1. The lowest BCUT2D eigenvalue weighted by Crippen LogP contribution is -2.49. The summed E-state index contributed by atoms with van der Waals surface area (Å²) in [4.78, 5) is 26.2. The van der Waals surface area contributed by atoms with Crippen LogP contribution in [0.25, 0.3) is 0 Å². The molecule has 2 amide bonds. The normalized spacial score (nSPS) is 17.1. The highest BCUT2D eigenvalue weighted by molar-refractivity contribution is 7.81. The van der Waals surface area contributed by atoms with Crippen molar-refractivity contribution in [2.45, 2.75) is 32.8 Å². The van der Waals surface area contributed by atoms with Gasteiger partial charge in [-0.25, -0.2) is 9.69 Å². The van der Waals surface area contributed by atoms with Crippen LogP contribution < -0.4 is 10.1 Å². The van der Waals surface area contributed by atoms with Crippen molar-refractivity contribution in [1.29, 1.82) is 0 Å². The summed E-state index contributed by atoms with van der Waals surface area (Å²) in [6, 6.07) is 4.87. The van der Waals surface area contributed by atoms with Crippen LogP contribution in [0.5, 0.6) is 5.75 Å². The van der Waals surface area contributed by atoms with E-state index >= 15 is 0 Å². The van der Waals surface area contributed by atoms with Crippen LogP contribution in [-0.2, 0) is 9.53 Å². The van der Waals surface area contributed by atoms with Crippen LogP contribution in [0.1, 0.15) is 27.2 Å². The van der Waals surface area contributed by atoms with Crippen molar-refractivity contribution in [3.63, 3.8) is 0 Å². The number of carbonyl (C=O) groups excluding carboxylic acids is 2. The monoisotopic (exact) mass is 458 g/mol. The van der Waals surface area contributed by atoms with Gasteiger partial charge in [-0.3, -0.25) is 9.18 Å². The zero-order chi connectivity index (χ0) is 22.6. The molecule has 2 rings (SSSR count). The van der Waals surface area contributed by atoms with Crippen LogP contribution in [0.15, 0.2) is 29.5 Å². The summed E-state index contributed by atoms with van der Waals surface area (Å²) in [6.45, 7) is 4.01. The third-order valence-corrected chi connectivity index (χ3v) is 4.83. The highest BCUT2D eigenvalue weighted by Gasteiger charge is 2.40. The second-order valence-electron chi connectivity index (χ2n) is 7.61. The molecule has 0 radical (unpaired) electrons. The van der Waals surface area contributed by atoms with Gasteiger partial charge in [0.1, 0.15) is 21.9 Å². The number of imide groups is 1. The molecule has 1 aromatic rings. The number of aliphatic hydroxyl groups is 1. The summed E-state index contributed by atoms with van der Waals surface area (Å²) in [7, 11) is 1.42. The Morgan fingerprint density at radius 2 is 2.10 bits per heavy atom. The molecule has 7 nitrogen and oxygen atoms in total. The lowest BCUT2D eigenvalue weighted by Gasteiger charge is -2.33. The minimum absolute atomic E-state index is 0.0923. The average Bonchev–Trinajstić information content (AvgIpc) is 2.63. The number of ether oxygens (including phenoxy) is 2. The standard InChI is InChI=1S/C20H24ClFN2O5S/c1-20(2,3)29-19(27)24-10-11(8-9-22)15(25)14(18(24)26)17(30)23-13-7-5-6-12(21)16(13)28-4/h5-7,11,25H,8-10H2,1-4H3,(H,23,30). The fourth-order valence-corrected chi connectivity index (χ4v) is 3.44. The highest BCUT2D eigenvalue weighted by atomic mass is 35.5. The number of anilines is 1. The Bertz CT molecular complexity index is 884. The molecule has 1 aliphatic rings. The van der Waals surface area contributed by atoms with E-state index in [0.29, 0.717) is 10.7 Å². The van der Waals surface area contributed by atoms with E-state index in [1.807, 2.05) is 0 Å². The van der Waals surface area contributed by atoms with Crippen molar-refractivity contribution < 1.29 is 28.6 Å². The molecule has 0 saturated carbocycles. The Morgan fingerprint density at radius 1 is 1.43 bits per heavy atom. The van der Waals surface area contributed by atoms with Crippen LogP contribution in [0.3, 0.4) is 0 Å². The van der Waals surface area contributed by atoms with Crippen molar-refractivity contribution in [3.05, 3.63) is 34.6 Å².